The van der Waals surface area contributed by atoms with Crippen molar-refractivity contribution in [2.24, 2.45) is 5.92 Å². The minimum absolute atomic E-state index is 0.150. The molecule has 4 rings (SSSR count). The van der Waals surface area contributed by atoms with Gasteiger partial charge in [-0.05, 0) is 49.1 Å². The van der Waals surface area contributed by atoms with Crippen LogP contribution < -0.4 is 5.32 Å². The number of ether oxygens (including phenoxy) is 1. The first-order valence-corrected chi connectivity index (χ1v) is 12.6. The lowest BCUT2D eigenvalue weighted by molar-refractivity contribution is -0.137. The number of rotatable bonds is 6. The van der Waals surface area contributed by atoms with E-state index in [0.717, 1.165) is 18.4 Å². The van der Waals surface area contributed by atoms with Crippen LogP contribution in [0.1, 0.15) is 40.4 Å². The van der Waals surface area contributed by atoms with Crippen molar-refractivity contribution < 1.29 is 45.1 Å². The van der Waals surface area contributed by atoms with Crippen LogP contribution in [0.3, 0.4) is 0 Å². The molecule has 1 heterocycles. The molecular formula is C23H20F4N2O6S. The highest BCUT2D eigenvalue weighted by atomic mass is 32.2. The van der Waals surface area contributed by atoms with E-state index in [1.165, 1.54) is 18.2 Å². The van der Waals surface area contributed by atoms with Gasteiger partial charge in [-0.15, -0.1) is 0 Å². The smallest absolute Gasteiger partial charge is 0.417 e. The topological polar surface area (TPSA) is 110 Å². The molecule has 8 nitrogen and oxygen atoms in total. The molecule has 1 aliphatic carbocycles. The van der Waals surface area contributed by atoms with Gasteiger partial charge in [0.05, 0.1) is 16.5 Å². The zero-order valence-electron chi connectivity index (χ0n) is 18.7. The molecule has 0 bridgehead atoms. The maximum Gasteiger partial charge on any atom is 0.417 e. The second-order valence-electron chi connectivity index (χ2n) is 8.63. The monoisotopic (exact) mass is 528 g/mol. The van der Waals surface area contributed by atoms with Crippen LogP contribution in [0, 0.1) is 11.7 Å². The molecule has 1 aliphatic heterocycles. The van der Waals surface area contributed by atoms with Gasteiger partial charge in [-0.3, -0.25) is 9.59 Å². The number of carbonyl (C=O) groups is 3. The van der Waals surface area contributed by atoms with Crippen molar-refractivity contribution in [3.05, 3.63) is 65.0 Å². The fourth-order valence-corrected chi connectivity index (χ4v) is 4.59. The maximum absolute atomic E-state index is 14.6. The Morgan fingerprint density at radius 1 is 1.14 bits per heavy atom. The van der Waals surface area contributed by atoms with E-state index in [-0.39, 0.29) is 21.9 Å². The van der Waals surface area contributed by atoms with Crippen molar-refractivity contribution >= 4 is 27.7 Å². The molecule has 2 aromatic rings. The molecule has 0 spiro atoms. The quantitative estimate of drug-likeness (QED) is 0.575. The Labute approximate surface area is 203 Å². The molecule has 1 saturated carbocycles. The summed E-state index contributed by atoms with van der Waals surface area (Å²) in [6, 6.07) is 4.47. The Hall–Kier alpha value is -3.48. The highest BCUT2D eigenvalue weighted by molar-refractivity contribution is 7.90. The number of imide groups is 1. The van der Waals surface area contributed by atoms with Gasteiger partial charge in [0.25, 0.3) is 5.91 Å². The van der Waals surface area contributed by atoms with E-state index in [0.29, 0.717) is 29.9 Å². The average Bonchev–Trinajstić information content (AvgIpc) is 3.57. The third kappa shape index (κ3) is 5.20. The number of halogens is 4. The first-order chi connectivity index (χ1) is 16.8. The molecule has 36 heavy (non-hydrogen) atoms. The van der Waals surface area contributed by atoms with Gasteiger partial charge in [0.1, 0.15) is 12.4 Å². The Bertz CT molecular complexity index is 1340. The average molecular weight is 528 g/mol. The van der Waals surface area contributed by atoms with E-state index in [1.807, 2.05) is 0 Å². The molecule has 1 saturated heterocycles. The predicted molar refractivity (Wildman–Crippen MR) is 116 cm³/mol. The summed E-state index contributed by atoms with van der Waals surface area (Å²) in [6.45, 7) is -0.505. The number of carbonyl (C=O) groups excluding carboxylic acids is 3. The second-order valence-corrected chi connectivity index (χ2v) is 10.6. The Kier molecular flexibility index (Phi) is 6.54. The first kappa shape index (κ1) is 25.6. The van der Waals surface area contributed by atoms with E-state index in [4.69, 9.17) is 4.74 Å². The van der Waals surface area contributed by atoms with Gasteiger partial charge in [0.2, 0.25) is 5.91 Å². The standard InChI is InChI=1S/C23H20F4N2O6S/c1-36(33,34)15-4-2-3-13(9-15)21(31)29-18(11-35-22(29)32)20(30)28-19(12-5-6-12)16-8-7-14(10-17(16)24)23(25,26)27/h2-4,7-10,12,18-19H,5-6,11H2,1H3,(H,28,30)/t18-,19?/m1/s1. The van der Waals surface area contributed by atoms with Crippen molar-refractivity contribution in [1.82, 2.24) is 10.2 Å². The van der Waals surface area contributed by atoms with Crippen LogP contribution in [0.25, 0.3) is 0 Å². The number of nitrogens with zero attached hydrogens (tertiary/aromatic N) is 1. The van der Waals surface area contributed by atoms with Crippen LogP contribution in [0.5, 0.6) is 0 Å². The van der Waals surface area contributed by atoms with Crippen LogP contribution in [0.15, 0.2) is 47.4 Å². The number of hydrogen-bond acceptors (Lipinski definition) is 6. The third-order valence-corrected chi connectivity index (χ3v) is 7.07. The molecule has 192 valence electrons. The van der Waals surface area contributed by atoms with E-state index in [9.17, 15) is 40.4 Å². The van der Waals surface area contributed by atoms with E-state index >= 15 is 0 Å². The predicted octanol–water partition coefficient (Wildman–Crippen LogP) is 3.48. The lowest BCUT2D eigenvalue weighted by Gasteiger charge is -2.24. The summed E-state index contributed by atoms with van der Waals surface area (Å²) in [5.41, 5.74) is -1.50. The van der Waals surface area contributed by atoms with Crippen LogP contribution in [-0.4, -0.2) is 50.1 Å². The van der Waals surface area contributed by atoms with Gasteiger partial charge < -0.3 is 10.1 Å². The zero-order valence-corrected chi connectivity index (χ0v) is 19.5. The molecule has 2 aromatic carbocycles. The van der Waals surface area contributed by atoms with Crippen LogP contribution in [0.2, 0.25) is 0 Å². The molecule has 1 N–H and O–H groups in total. The summed E-state index contributed by atoms with van der Waals surface area (Å²) >= 11 is 0. The minimum atomic E-state index is -4.74. The van der Waals surface area contributed by atoms with E-state index < -0.39 is 64.0 Å². The number of hydrogen-bond donors (Lipinski definition) is 1. The molecule has 0 aromatic heterocycles. The highest BCUT2D eigenvalue weighted by Crippen LogP contribution is 2.43. The lowest BCUT2D eigenvalue weighted by atomic mass is 9.99. The van der Waals surface area contributed by atoms with Crippen LogP contribution in [0.4, 0.5) is 22.4 Å². The van der Waals surface area contributed by atoms with Crippen molar-refractivity contribution in [1.29, 1.82) is 0 Å². The summed E-state index contributed by atoms with van der Waals surface area (Å²) in [6.07, 6.45) is -3.75. The Morgan fingerprint density at radius 3 is 2.42 bits per heavy atom. The van der Waals surface area contributed by atoms with E-state index in [2.05, 4.69) is 5.32 Å². The van der Waals surface area contributed by atoms with Gasteiger partial charge >= 0.3 is 12.3 Å². The molecule has 1 unspecified atom stereocenters. The first-order valence-electron chi connectivity index (χ1n) is 10.7. The molecule has 2 atom stereocenters. The summed E-state index contributed by atoms with van der Waals surface area (Å²) in [4.78, 5) is 38.8. The van der Waals surface area contributed by atoms with E-state index in [1.54, 1.807) is 0 Å². The number of benzene rings is 2. The van der Waals surface area contributed by atoms with Gasteiger partial charge in [-0.2, -0.15) is 13.2 Å². The number of nitrogens with one attached hydrogen (secondary N) is 1. The van der Waals surface area contributed by atoms with Crippen LogP contribution in [-0.2, 0) is 25.5 Å². The normalized spacial score (nSPS) is 19.1. The van der Waals surface area contributed by atoms with Crippen molar-refractivity contribution in [2.75, 3.05) is 12.9 Å². The van der Waals surface area contributed by atoms with Crippen molar-refractivity contribution in [2.45, 2.75) is 36.0 Å². The number of cyclic esters (lactones) is 1. The van der Waals surface area contributed by atoms with Gasteiger partial charge in [0, 0.05) is 17.4 Å². The molecule has 0 radical (unpaired) electrons. The lowest BCUT2D eigenvalue weighted by Crippen LogP contribution is -2.49. The number of sulfone groups is 1. The van der Waals surface area contributed by atoms with Crippen LogP contribution >= 0.6 is 0 Å². The number of alkyl halides is 3. The summed E-state index contributed by atoms with van der Waals surface area (Å²) in [5, 5.41) is 2.55. The van der Waals surface area contributed by atoms with Gasteiger partial charge in [-0.1, -0.05) is 12.1 Å². The molecule has 13 heteroatoms. The third-order valence-electron chi connectivity index (χ3n) is 5.96. The fourth-order valence-electron chi connectivity index (χ4n) is 3.92. The molecule has 3 amide bonds. The summed E-state index contributed by atoms with van der Waals surface area (Å²) in [5.74, 6) is -3.24. The summed E-state index contributed by atoms with van der Waals surface area (Å²) < 4.78 is 81.9. The molecule has 2 fully saturated rings. The van der Waals surface area contributed by atoms with Crippen molar-refractivity contribution in [3.63, 3.8) is 0 Å². The zero-order chi connectivity index (χ0) is 26.4. The summed E-state index contributed by atoms with van der Waals surface area (Å²) in [7, 11) is -3.66. The largest absolute Gasteiger partial charge is 0.446 e. The van der Waals surface area contributed by atoms with Gasteiger partial charge in [-0.25, -0.2) is 22.5 Å². The maximum atomic E-state index is 14.6. The molecular weight excluding hydrogens is 508 g/mol. The Morgan fingerprint density at radius 2 is 1.83 bits per heavy atom. The Balaban J connectivity index is 1.58. The fraction of sp³-hybridized carbons (Fsp3) is 0.348. The SMILES string of the molecule is CS(=O)(=O)c1cccc(C(=O)N2C(=O)OC[C@@H]2C(=O)NC(c2ccc(C(F)(F)F)cc2F)C2CC2)c1. The minimum Gasteiger partial charge on any atom is -0.446 e. The molecule has 2 aliphatic rings. The van der Waals surface area contributed by atoms with Gasteiger partial charge in [0.15, 0.2) is 15.9 Å². The highest BCUT2D eigenvalue weighted by Gasteiger charge is 2.45. The number of amides is 3. The second kappa shape index (κ2) is 9.19. The van der Waals surface area contributed by atoms with Crippen molar-refractivity contribution in [3.8, 4) is 0 Å².